The molecule has 0 saturated carbocycles. The Labute approximate surface area is 173 Å². The summed E-state index contributed by atoms with van der Waals surface area (Å²) >= 11 is 0. The summed E-state index contributed by atoms with van der Waals surface area (Å²) in [7, 11) is 1.65. The lowest BCUT2D eigenvalue weighted by Crippen LogP contribution is -2.39. The van der Waals surface area contributed by atoms with E-state index < -0.39 is 11.7 Å². The fourth-order valence-electron chi connectivity index (χ4n) is 2.74. The predicted molar refractivity (Wildman–Crippen MR) is 113 cm³/mol. The number of fused-ring (bicyclic) bond motifs is 1. The van der Waals surface area contributed by atoms with Crippen LogP contribution in [0.1, 0.15) is 30.8 Å². The van der Waals surface area contributed by atoms with E-state index in [2.05, 4.69) is 27.0 Å². The number of aromatic nitrogens is 1. The molecule has 6 nitrogen and oxygen atoms in total. The molecule has 0 unspecified atom stereocenters. The Balaban J connectivity index is 2.17. The van der Waals surface area contributed by atoms with Crippen LogP contribution in [0.2, 0.25) is 0 Å². The van der Waals surface area contributed by atoms with Gasteiger partial charge in [0.05, 0.1) is 12.6 Å². The number of hydrogen-bond donors (Lipinski definition) is 1. The zero-order chi connectivity index (χ0) is 22.3. The maximum atomic E-state index is 13.0. The number of nitrogens with one attached hydrogen (secondary N) is 1. The SMILES string of the molecule is C=NC(=NC[C@H](CC)N(C)C(=O)c1nccc2ccccc12)N/C=C(\C)C(F)(F)F. The molecule has 0 bridgehead atoms. The molecule has 1 aromatic carbocycles. The van der Waals surface area contributed by atoms with Crippen molar-refractivity contribution in [2.75, 3.05) is 13.6 Å². The number of aliphatic imine (C=N–C) groups is 2. The van der Waals surface area contributed by atoms with Gasteiger partial charge in [-0.25, -0.2) is 9.98 Å². The smallest absolute Gasteiger partial charge is 0.336 e. The number of carbonyl (C=O) groups excluding carboxylic acids is 1. The lowest BCUT2D eigenvalue weighted by Gasteiger charge is -2.26. The molecular weight excluding hydrogens is 395 g/mol. The van der Waals surface area contributed by atoms with Gasteiger partial charge in [0.2, 0.25) is 5.96 Å². The second kappa shape index (κ2) is 10.00. The molecule has 0 aliphatic carbocycles. The summed E-state index contributed by atoms with van der Waals surface area (Å²) in [5, 5.41) is 4.06. The normalized spacial score (nSPS) is 13.8. The van der Waals surface area contributed by atoms with E-state index in [-0.39, 0.29) is 24.5 Å². The Morgan fingerprint density at radius 3 is 2.67 bits per heavy atom. The summed E-state index contributed by atoms with van der Waals surface area (Å²) in [5.41, 5.74) is -0.484. The lowest BCUT2D eigenvalue weighted by atomic mass is 10.1. The van der Waals surface area contributed by atoms with Gasteiger partial charge in [-0.2, -0.15) is 13.2 Å². The molecule has 1 atom stereocenters. The van der Waals surface area contributed by atoms with E-state index >= 15 is 0 Å². The summed E-state index contributed by atoms with van der Waals surface area (Å²) in [6.07, 6.45) is -1.49. The van der Waals surface area contributed by atoms with Crippen molar-refractivity contribution in [3.63, 3.8) is 0 Å². The maximum absolute atomic E-state index is 13.0. The highest BCUT2D eigenvalue weighted by molar-refractivity contribution is 6.05. The number of alkyl halides is 3. The quantitative estimate of drug-likeness (QED) is 0.564. The van der Waals surface area contributed by atoms with Crippen molar-refractivity contribution >= 4 is 29.4 Å². The number of pyridine rings is 1. The monoisotopic (exact) mass is 419 g/mol. The largest absolute Gasteiger partial charge is 0.413 e. The van der Waals surface area contributed by atoms with E-state index in [1.54, 1.807) is 13.2 Å². The van der Waals surface area contributed by atoms with Gasteiger partial charge in [0.15, 0.2) is 0 Å². The van der Waals surface area contributed by atoms with Crippen LogP contribution in [0.4, 0.5) is 13.2 Å². The number of allylic oxidation sites excluding steroid dienone is 1. The number of amides is 1. The van der Waals surface area contributed by atoms with Gasteiger partial charge in [0.1, 0.15) is 5.69 Å². The second-order valence-electron chi connectivity index (χ2n) is 6.65. The zero-order valence-electron chi connectivity index (χ0n) is 17.1. The molecule has 30 heavy (non-hydrogen) atoms. The summed E-state index contributed by atoms with van der Waals surface area (Å²) in [6.45, 7) is 6.29. The average Bonchev–Trinajstić information content (AvgIpc) is 2.74. The van der Waals surface area contributed by atoms with Crippen molar-refractivity contribution in [2.24, 2.45) is 9.98 Å². The van der Waals surface area contributed by atoms with Crippen LogP contribution in [0.3, 0.4) is 0 Å². The van der Waals surface area contributed by atoms with Gasteiger partial charge in [0.25, 0.3) is 5.91 Å². The molecule has 1 aromatic heterocycles. The van der Waals surface area contributed by atoms with E-state index in [1.807, 2.05) is 37.3 Å². The standard InChI is InChI=1S/C21H24F3N5O/c1-5-16(13-28-20(25-3)27-12-14(2)21(22,23)24)29(4)19(30)18-17-9-7-6-8-15(17)10-11-26-18/h6-12,16H,3,5,13H2,1-2,4H3,(H,27,28)/b14-12+/t16-/m0/s1. The average molecular weight is 419 g/mol. The van der Waals surface area contributed by atoms with E-state index in [4.69, 9.17) is 0 Å². The molecule has 0 fully saturated rings. The van der Waals surface area contributed by atoms with Crippen LogP contribution in [0.15, 0.2) is 58.3 Å². The third-order valence-electron chi connectivity index (χ3n) is 4.68. The Kier molecular flexibility index (Phi) is 7.68. The molecule has 2 aromatic rings. The molecule has 0 radical (unpaired) electrons. The lowest BCUT2D eigenvalue weighted by molar-refractivity contribution is -0.0916. The molecule has 160 valence electrons. The Hall–Kier alpha value is -3.23. The summed E-state index contributed by atoms with van der Waals surface area (Å²) in [5.74, 6) is -0.316. The van der Waals surface area contributed by atoms with Crippen LogP contribution in [0.5, 0.6) is 0 Å². The number of benzene rings is 1. The zero-order valence-corrected chi connectivity index (χ0v) is 17.1. The van der Waals surface area contributed by atoms with Crippen LogP contribution in [-0.4, -0.2) is 54.3 Å². The number of guanidine groups is 1. The predicted octanol–water partition coefficient (Wildman–Crippen LogP) is 4.20. The number of hydrogen-bond acceptors (Lipinski definition) is 3. The van der Waals surface area contributed by atoms with Gasteiger partial charge < -0.3 is 10.2 Å². The van der Waals surface area contributed by atoms with Gasteiger partial charge in [-0.3, -0.25) is 9.78 Å². The minimum atomic E-state index is -4.44. The molecule has 2 rings (SSSR count). The van der Waals surface area contributed by atoms with Crippen molar-refractivity contribution in [2.45, 2.75) is 32.5 Å². The van der Waals surface area contributed by atoms with Crippen molar-refractivity contribution in [1.82, 2.24) is 15.2 Å². The highest BCUT2D eigenvalue weighted by atomic mass is 19.4. The first-order valence-corrected chi connectivity index (χ1v) is 9.31. The third kappa shape index (κ3) is 5.65. The van der Waals surface area contributed by atoms with E-state index in [0.29, 0.717) is 12.1 Å². The maximum Gasteiger partial charge on any atom is 0.413 e. The second-order valence-corrected chi connectivity index (χ2v) is 6.65. The first-order chi connectivity index (χ1) is 14.2. The van der Waals surface area contributed by atoms with E-state index in [0.717, 1.165) is 23.9 Å². The van der Waals surface area contributed by atoms with Crippen molar-refractivity contribution in [1.29, 1.82) is 0 Å². The van der Waals surface area contributed by atoms with E-state index in [9.17, 15) is 18.0 Å². The molecule has 0 aliphatic rings. The molecule has 0 saturated heterocycles. The first kappa shape index (κ1) is 23.1. The Bertz CT molecular complexity index is 963. The molecule has 1 N–H and O–H groups in total. The summed E-state index contributed by atoms with van der Waals surface area (Å²) < 4.78 is 37.8. The van der Waals surface area contributed by atoms with Crippen LogP contribution in [0.25, 0.3) is 10.8 Å². The third-order valence-corrected chi connectivity index (χ3v) is 4.68. The highest BCUT2D eigenvalue weighted by Crippen LogP contribution is 2.24. The van der Waals surface area contributed by atoms with Gasteiger partial charge in [-0.05, 0) is 31.5 Å². The minimum absolute atomic E-state index is 0.0545. The van der Waals surface area contributed by atoms with Crippen LogP contribution < -0.4 is 5.32 Å². The minimum Gasteiger partial charge on any atom is -0.336 e. The van der Waals surface area contributed by atoms with Crippen LogP contribution in [0, 0.1) is 0 Å². The molecule has 1 amide bonds. The number of nitrogens with zero attached hydrogens (tertiary/aromatic N) is 4. The molecule has 1 heterocycles. The molecule has 9 heteroatoms. The summed E-state index contributed by atoms with van der Waals surface area (Å²) in [6, 6.07) is 8.99. The van der Waals surface area contributed by atoms with Crippen molar-refractivity contribution in [3.05, 3.63) is 54.0 Å². The van der Waals surface area contributed by atoms with Crippen molar-refractivity contribution in [3.8, 4) is 0 Å². The van der Waals surface area contributed by atoms with E-state index in [1.165, 1.54) is 4.90 Å². The number of carbonyl (C=O) groups is 1. The fraction of sp³-hybridized carbons (Fsp3) is 0.333. The van der Waals surface area contributed by atoms with Crippen LogP contribution in [-0.2, 0) is 0 Å². The topological polar surface area (TPSA) is 70.0 Å². The fourth-order valence-corrected chi connectivity index (χ4v) is 2.74. The number of halogens is 3. The van der Waals surface area contributed by atoms with Gasteiger partial charge >= 0.3 is 6.18 Å². The Morgan fingerprint density at radius 1 is 1.33 bits per heavy atom. The highest BCUT2D eigenvalue weighted by Gasteiger charge is 2.30. The molecular formula is C21H24F3N5O. The first-order valence-electron chi connectivity index (χ1n) is 9.31. The Morgan fingerprint density at radius 2 is 2.03 bits per heavy atom. The summed E-state index contributed by atoms with van der Waals surface area (Å²) in [4.78, 5) is 26.6. The molecule has 0 spiro atoms. The van der Waals surface area contributed by atoms with Gasteiger partial charge in [0, 0.05) is 30.4 Å². The van der Waals surface area contributed by atoms with Gasteiger partial charge in [-0.15, -0.1) is 0 Å². The number of likely N-dealkylation sites (N-methyl/N-ethyl adjacent to an activating group) is 1. The molecule has 0 aliphatic heterocycles. The van der Waals surface area contributed by atoms with Crippen molar-refractivity contribution < 1.29 is 18.0 Å². The van der Waals surface area contributed by atoms with Gasteiger partial charge in [-0.1, -0.05) is 31.2 Å². The van der Waals surface area contributed by atoms with Crippen LogP contribution >= 0.6 is 0 Å². The number of rotatable bonds is 6.